The van der Waals surface area contributed by atoms with E-state index in [4.69, 9.17) is 8.83 Å². The van der Waals surface area contributed by atoms with Crippen LogP contribution in [0.15, 0.2) is 215 Å². The van der Waals surface area contributed by atoms with E-state index in [2.05, 4.69) is 200 Å². The zero-order chi connectivity index (χ0) is 38.7. The lowest BCUT2D eigenvalue weighted by atomic mass is 9.67. The van der Waals surface area contributed by atoms with Crippen LogP contribution >= 0.6 is 0 Å². The van der Waals surface area contributed by atoms with Gasteiger partial charge in [0.15, 0.2) is 0 Å². The summed E-state index contributed by atoms with van der Waals surface area (Å²) in [5, 5.41) is 9.34. The Balaban J connectivity index is 1.16. The molecule has 2 heterocycles. The maximum Gasteiger partial charge on any atom is 0.136 e. The first-order valence-corrected chi connectivity index (χ1v) is 20.3. The first-order valence-electron chi connectivity index (χ1n) is 20.3. The van der Waals surface area contributed by atoms with E-state index in [9.17, 15) is 0 Å². The molecule has 0 saturated heterocycles. The van der Waals surface area contributed by atoms with Crippen molar-refractivity contribution in [3.8, 4) is 33.4 Å². The van der Waals surface area contributed by atoms with Gasteiger partial charge in [-0.05, 0) is 126 Å². The molecule has 274 valence electrons. The van der Waals surface area contributed by atoms with Crippen molar-refractivity contribution in [2.24, 2.45) is 0 Å². The van der Waals surface area contributed by atoms with Crippen molar-refractivity contribution in [3.05, 3.63) is 229 Å². The standard InChI is InChI=1S/C57H34O2/c1-3-17-40(18-4-1)57(41-19-5-2-6-20-41)48-32-38(43-23-13-25-52-55(43)47-30-35-14-7-8-15-36(35)34-53(47)59-52)26-28-45(48)56-49(57)33-37-16-9-10-21-42(37)54(56)39-27-29-51-46(31-39)44-22-11-12-24-50(44)58-51/h1-34H. The number of rotatable bonds is 4. The highest BCUT2D eigenvalue weighted by Crippen LogP contribution is 2.60. The molecule has 12 aromatic rings. The van der Waals surface area contributed by atoms with E-state index in [1.54, 1.807) is 0 Å². The van der Waals surface area contributed by atoms with Crippen LogP contribution in [0.1, 0.15) is 22.3 Å². The Labute approximate surface area is 340 Å². The molecule has 2 aromatic heterocycles. The van der Waals surface area contributed by atoms with Gasteiger partial charge in [0.2, 0.25) is 0 Å². The fourth-order valence-electron chi connectivity index (χ4n) is 10.4. The number of hydrogen-bond donors (Lipinski definition) is 0. The molecule has 0 aliphatic heterocycles. The van der Waals surface area contributed by atoms with Crippen molar-refractivity contribution in [1.82, 2.24) is 0 Å². The van der Waals surface area contributed by atoms with Crippen molar-refractivity contribution in [2.45, 2.75) is 5.41 Å². The maximum atomic E-state index is 6.60. The van der Waals surface area contributed by atoms with Crippen LogP contribution in [-0.2, 0) is 5.41 Å². The molecule has 2 nitrogen and oxygen atoms in total. The smallest absolute Gasteiger partial charge is 0.136 e. The highest BCUT2D eigenvalue weighted by molar-refractivity contribution is 6.17. The van der Waals surface area contributed by atoms with Crippen molar-refractivity contribution >= 4 is 65.4 Å². The van der Waals surface area contributed by atoms with Crippen molar-refractivity contribution in [1.29, 1.82) is 0 Å². The molecule has 0 spiro atoms. The summed E-state index contributed by atoms with van der Waals surface area (Å²) in [4.78, 5) is 0. The van der Waals surface area contributed by atoms with Crippen molar-refractivity contribution in [2.75, 3.05) is 0 Å². The summed E-state index contributed by atoms with van der Waals surface area (Å²) in [5.74, 6) is 0. The van der Waals surface area contributed by atoms with Gasteiger partial charge in [-0.1, -0.05) is 158 Å². The van der Waals surface area contributed by atoms with Crippen LogP contribution in [0.2, 0.25) is 0 Å². The van der Waals surface area contributed by atoms with Crippen LogP contribution in [0.5, 0.6) is 0 Å². The number of para-hydroxylation sites is 1. The van der Waals surface area contributed by atoms with Crippen molar-refractivity contribution < 1.29 is 8.83 Å². The second-order valence-electron chi connectivity index (χ2n) is 15.9. The molecule has 0 amide bonds. The molecule has 0 radical (unpaired) electrons. The summed E-state index contributed by atoms with van der Waals surface area (Å²) in [6.45, 7) is 0. The molecule has 0 fully saturated rings. The number of furan rings is 2. The zero-order valence-electron chi connectivity index (χ0n) is 31.9. The lowest BCUT2D eigenvalue weighted by Crippen LogP contribution is -2.28. The molecule has 0 bridgehead atoms. The van der Waals surface area contributed by atoms with Crippen LogP contribution in [0, 0.1) is 0 Å². The normalized spacial score (nSPS) is 13.2. The van der Waals surface area contributed by atoms with E-state index in [-0.39, 0.29) is 0 Å². The quantitative estimate of drug-likeness (QED) is 0.179. The van der Waals surface area contributed by atoms with Gasteiger partial charge in [0, 0.05) is 21.5 Å². The minimum atomic E-state index is -0.614. The summed E-state index contributed by atoms with van der Waals surface area (Å²) < 4.78 is 12.9. The molecule has 10 aromatic carbocycles. The Morgan fingerprint density at radius 3 is 1.73 bits per heavy atom. The topological polar surface area (TPSA) is 26.3 Å². The third-order valence-electron chi connectivity index (χ3n) is 12.9. The Hall–Kier alpha value is -7.68. The van der Waals surface area contributed by atoms with Gasteiger partial charge in [-0.3, -0.25) is 0 Å². The molecule has 2 heteroatoms. The predicted molar refractivity (Wildman–Crippen MR) is 244 cm³/mol. The van der Waals surface area contributed by atoms with E-state index in [0.29, 0.717) is 0 Å². The average Bonchev–Trinajstić information content (AvgIpc) is 3.95. The fraction of sp³-hybridized carbons (Fsp3) is 0.0175. The molecular weight excluding hydrogens is 717 g/mol. The molecular formula is C57H34O2. The summed E-state index contributed by atoms with van der Waals surface area (Å²) in [7, 11) is 0. The lowest BCUT2D eigenvalue weighted by Gasteiger charge is -2.34. The first kappa shape index (κ1) is 32.4. The van der Waals surface area contributed by atoms with Crippen LogP contribution < -0.4 is 0 Å². The second kappa shape index (κ2) is 12.2. The summed E-state index contributed by atoms with van der Waals surface area (Å²) in [6.07, 6.45) is 0. The van der Waals surface area contributed by atoms with Gasteiger partial charge >= 0.3 is 0 Å². The van der Waals surface area contributed by atoms with Crippen LogP contribution in [0.3, 0.4) is 0 Å². The third-order valence-corrected chi connectivity index (χ3v) is 12.9. The van der Waals surface area contributed by atoms with E-state index < -0.39 is 5.41 Å². The molecule has 1 aliphatic carbocycles. The van der Waals surface area contributed by atoms with Gasteiger partial charge in [-0.25, -0.2) is 0 Å². The fourth-order valence-corrected chi connectivity index (χ4v) is 10.4. The van der Waals surface area contributed by atoms with Gasteiger partial charge in [-0.2, -0.15) is 0 Å². The summed E-state index contributed by atoms with van der Waals surface area (Å²) in [5.41, 5.74) is 15.2. The second-order valence-corrected chi connectivity index (χ2v) is 15.9. The highest BCUT2D eigenvalue weighted by Gasteiger charge is 2.47. The predicted octanol–water partition coefficient (Wildman–Crippen LogP) is 15.5. The van der Waals surface area contributed by atoms with Gasteiger partial charge in [0.05, 0.1) is 5.41 Å². The van der Waals surface area contributed by atoms with Gasteiger partial charge in [0.25, 0.3) is 0 Å². The Morgan fingerprint density at radius 1 is 0.305 bits per heavy atom. The van der Waals surface area contributed by atoms with E-state index in [1.807, 2.05) is 6.07 Å². The van der Waals surface area contributed by atoms with E-state index in [0.717, 1.165) is 55.0 Å². The largest absolute Gasteiger partial charge is 0.456 e. The third kappa shape index (κ3) is 4.51. The number of benzene rings is 10. The molecule has 59 heavy (non-hydrogen) atoms. The molecule has 0 atom stereocenters. The SMILES string of the molecule is c1ccc(C2(c3ccccc3)c3cc(-c4cccc5oc6cc7ccccc7cc6c45)ccc3-c3c2cc2ccccc2c3-c2ccc3oc4ccccc4c3c2)cc1. The average molecular weight is 751 g/mol. The molecule has 13 rings (SSSR count). The van der Waals surface area contributed by atoms with Crippen LogP contribution in [-0.4, -0.2) is 0 Å². The highest BCUT2D eigenvalue weighted by atomic mass is 16.3. The Bertz CT molecular complexity index is 3620. The Kier molecular flexibility index (Phi) is 6.68. The zero-order valence-corrected chi connectivity index (χ0v) is 31.9. The van der Waals surface area contributed by atoms with E-state index >= 15 is 0 Å². The van der Waals surface area contributed by atoms with E-state index in [1.165, 1.54) is 66.1 Å². The van der Waals surface area contributed by atoms with Crippen molar-refractivity contribution in [3.63, 3.8) is 0 Å². The van der Waals surface area contributed by atoms with Gasteiger partial charge < -0.3 is 8.83 Å². The van der Waals surface area contributed by atoms with Gasteiger partial charge in [-0.15, -0.1) is 0 Å². The monoisotopic (exact) mass is 750 g/mol. The maximum absolute atomic E-state index is 6.60. The lowest BCUT2D eigenvalue weighted by molar-refractivity contribution is 0.669. The molecule has 0 unspecified atom stereocenters. The first-order chi connectivity index (χ1) is 29.2. The van der Waals surface area contributed by atoms with Crippen LogP contribution in [0.4, 0.5) is 0 Å². The minimum absolute atomic E-state index is 0.614. The summed E-state index contributed by atoms with van der Waals surface area (Å²) in [6, 6.07) is 75.4. The number of hydrogen-bond acceptors (Lipinski definition) is 2. The molecule has 0 N–H and O–H groups in total. The van der Waals surface area contributed by atoms with Crippen LogP contribution in [0.25, 0.3) is 98.8 Å². The molecule has 0 saturated carbocycles. The number of fused-ring (bicyclic) bond motifs is 11. The Morgan fingerprint density at radius 2 is 0.932 bits per heavy atom. The summed E-state index contributed by atoms with van der Waals surface area (Å²) >= 11 is 0. The molecule has 1 aliphatic rings. The minimum Gasteiger partial charge on any atom is -0.456 e. The van der Waals surface area contributed by atoms with Gasteiger partial charge in [0.1, 0.15) is 22.3 Å².